The normalized spacial score (nSPS) is 22.1. The van der Waals surface area contributed by atoms with Crippen LogP contribution >= 0.6 is 35.6 Å². The van der Waals surface area contributed by atoms with E-state index in [2.05, 4.69) is 5.32 Å². The third-order valence-corrected chi connectivity index (χ3v) is 3.11. The van der Waals surface area contributed by atoms with E-state index in [1.807, 2.05) is 0 Å². The van der Waals surface area contributed by atoms with E-state index in [-0.39, 0.29) is 18.4 Å². The predicted molar refractivity (Wildman–Crippen MR) is 70.3 cm³/mol. The lowest BCUT2D eigenvalue weighted by Crippen LogP contribution is -2.37. The molecule has 2 atom stereocenters. The predicted octanol–water partition coefficient (Wildman–Crippen LogP) is 2.68. The lowest BCUT2D eigenvalue weighted by Gasteiger charge is -2.29. The van der Waals surface area contributed by atoms with Gasteiger partial charge in [-0.05, 0) is 18.6 Å². The smallest absolute Gasteiger partial charge is 0.326 e. The number of benzene rings is 1. The third-order valence-electron chi connectivity index (χ3n) is 2.58. The molecule has 0 spiro atoms. The van der Waals surface area contributed by atoms with Gasteiger partial charge in [-0.3, -0.25) is 0 Å². The van der Waals surface area contributed by atoms with E-state index in [9.17, 15) is 4.79 Å². The molecule has 0 amide bonds. The Morgan fingerprint density at radius 2 is 2.12 bits per heavy atom. The first-order valence-electron chi connectivity index (χ1n) is 4.73. The number of carboxylic acids is 1. The summed E-state index contributed by atoms with van der Waals surface area (Å²) < 4.78 is 0. The Kier molecular flexibility index (Phi) is 4.49. The van der Waals surface area contributed by atoms with E-state index < -0.39 is 12.0 Å². The van der Waals surface area contributed by atoms with E-state index >= 15 is 0 Å². The van der Waals surface area contributed by atoms with E-state index in [4.69, 9.17) is 34.0 Å². The molecule has 1 aromatic rings. The van der Waals surface area contributed by atoms with Gasteiger partial charge in [0, 0.05) is 27.3 Å². The summed E-state index contributed by atoms with van der Waals surface area (Å²) in [5, 5.41) is 12.7. The Balaban J connectivity index is 0.00000144. The summed E-state index contributed by atoms with van der Waals surface area (Å²) in [5.74, 6) is -0.933. The number of rotatable bonds is 1. The van der Waals surface area contributed by atoms with Gasteiger partial charge in [0.25, 0.3) is 0 Å². The average molecular weight is 298 g/mol. The van der Waals surface area contributed by atoms with Gasteiger partial charge in [0.05, 0.1) is 0 Å². The van der Waals surface area contributed by atoms with Crippen LogP contribution in [0.4, 0.5) is 5.69 Å². The molecule has 0 radical (unpaired) electrons. The highest BCUT2D eigenvalue weighted by Gasteiger charge is 2.30. The fraction of sp³-hybridized carbons (Fsp3) is 0.300. The zero-order chi connectivity index (χ0) is 11.9. The van der Waals surface area contributed by atoms with Crippen molar-refractivity contribution in [2.24, 2.45) is 5.73 Å². The van der Waals surface area contributed by atoms with Crippen LogP contribution in [-0.4, -0.2) is 17.1 Å². The summed E-state index contributed by atoms with van der Waals surface area (Å²) in [6.07, 6.45) is 0.309. The van der Waals surface area contributed by atoms with Crippen molar-refractivity contribution in [3.63, 3.8) is 0 Å². The molecule has 1 heterocycles. The lowest BCUT2D eigenvalue weighted by molar-refractivity contribution is -0.138. The average Bonchev–Trinajstić information content (AvgIpc) is 2.15. The molecule has 0 saturated carbocycles. The Hall–Kier alpha value is -0.680. The molecule has 1 aliphatic heterocycles. The molecule has 0 aromatic heterocycles. The quantitative estimate of drug-likeness (QED) is 0.745. The van der Waals surface area contributed by atoms with Crippen LogP contribution < -0.4 is 11.1 Å². The Morgan fingerprint density at radius 3 is 2.71 bits per heavy atom. The zero-order valence-corrected chi connectivity index (χ0v) is 10.9. The van der Waals surface area contributed by atoms with Crippen molar-refractivity contribution in [3.8, 4) is 0 Å². The second-order valence-corrected chi connectivity index (χ2v) is 4.57. The zero-order valence-electron chi connectivity index (χ0n) is 8.61. The van der Waals surface area contributed by atoms with Crippen molar-refractivity contribution < 1.29 is 9.90 Å². The molecule has 4 nitrogen and oxygen atoms in total. The van der Waals surface area contributed by atoms with Gasteiger partial charge in [0.1, 0.15) is 6.04 Å². The van der Waals surface area contributed by atoms with Gasteiger partial charge in [-0.1, -0.05) is 23.2 Å². The van der Waals surface area contributed by atoms with Crippen LogP contribution in [0.1, 0.15) is 18.0 Å². The molecule has 2 rings (SSSR count). The van der Waals surface area contributed by atoms with Crippen LogP contribution in [0.2, 0.25) is 10.0 Å². The highest BCUT2D eigenvalue weighted by atomic mass is 35.5. The number of anilines is 1. The minimum Gasteiger partial charge on any atom is -0.480 e. The molecule has 0 saturated heterocycles. The van der Waals surface area contributed by atoms with Crippen molar-refractivity contribution in [3.05, 3.63) is 27.7 Å². The minimum absolute atomic E-state index is 0. The van der Waals surface area contributed by atoms with Crippen LogP contribution in [0.5, 0.6) is 0 Å². The fourth-order valence-corrected chi connectivity index (χ4v) is 2.50. The van der Waals surface area contributed by atoms with Crippen molar-refractivity contribution in [1.82, 2.24) is 0 Å². The first-order valence-corrected chi connectivity index (χ1v) is 5.48. The number of nitrogens with two attached hydrogens (primary N) is 1. The molecule has 4 N–H and O–H groups in total. The van der Waals surface area contributed by atoms with Gasteiger partial charge in [-0.25, -0.2) is 4.79 Å². The molecule has 0 bridgehead atoms. The second-order valence-electron chi connectivity index (χ2n) is 3.73. The summed E-state index contributed by atoms with van der Waals surface area (Å²) >= 11 is 11.9. The molecule has 0 aliphatic carbocycles. The molecular weight excluding hydrogens is 286 g/mol. The molecule has 7 heteroatoms. The first kappa shape index (κ1) is 14.4. The van der Waals surface area contributed by atoms with E-state index in [1.165, 1.54) is 0 Å². The fourth-order valence-electron chi connectivity index (χ4n) is 1.86. The topological polar surface area (TPSA) is 75.4 Å². The van der Waals surface area contributed by atoms with Gasteiger partial charge in [-0.2, -0.15) is 0 Å². The maximum Gasteiger partial charge on any atom is 0.326 e. The third kappa shape index (κ3) is 2.77. The Bertz CT molecular complexity index is 453. The standard InChI is InChI=1S/C10H10Cl2N2O2.ClH/c11-4-1-5(12)9-6(13)3-8(10(15)16)14-7(9)2-4;/h1-2,6,8,14H,3,13H2,(H,15,16);1H/t6-,8+;/m1./s1. The molecule has 94 valence electrons. The maximum absolute atomic E-state index is 10.9. The SMILES string of the molecule is Cl.N[C@@H]1C[C@@H](C(=O)O)Nc2cc(Cl)cc(Cl)c21. The van der Waals surface area contributed by atoms with Crippen LogP contribution in [0, 0.1) is 0 Å². The molecular formula is C10H11Cl3N2O2. The Morgan fingerprint density at radius 1 is 1.47 bits per heavy atom. The minimum atomic E-state index is -0.933. The molecule has 0 unspecified atom stereocenters. The van der Waals surface area contributed by atoms with E-state index in [1.54, 1.807) is 12.1 Å². The maximum atomic E-state index is 10.9. The van der Waals surface area contributed by atoms with Crippen LogP contribution in [0.25, 0.3) is 0 Å². The number of carbonyl (C=O) groups is 1. The number of hydrogen-bond donors (Lipinski definition) is 3. The number of hydrogen-bond acceptors (Lipinski definition) is 3. The summed E-state index contributed by atoms with van der Waals surface area (Å²) in [6, 6.07) is 2.15. The van der Waals surface area contributed by atoms with Crippen molar-refractivity contribution >= 4 is 47.3 Å². The van der Waals surface area contributed by atoms with Crippen molar-refractivity contribution in [2.45, 2.75) is 18.5 Å². The van der Waals surface area contributed by atoms with Crippen LogP contribution in [0.3, 0.4) is 0 Å². The largest absolute Gasteiger partial charge is 0.480 e. The summed E-state index contributed by atoms with van der Waals surface area (Å²) in [7, 11) is 0. The van der Waals surface area contributed by atoms with Gasteiger partial charge >= 0.3 is 5.97 Å². The number of nitrogens with one attached hydrogen (secondary N) is 1. The van der Waals surface area contributed by atoms with Gasteiger partial charge < -0.3 is 16.2 Å². The van der Waals surface area contributed by atoms with Gasteiger partial charge in [0.15, 0.2) is 0 Å². The molecule has 1 aliphatic rings. The lowest BCUT2D eigenvalue weighted by atomic mass is 9.93. The molecule has 0 fully saturated rings. The molecule has 17 heavy (non-hydrogen) atoms. The number of aliphatic carboxylic acids is 1. The molecule has 1 aromatic carbocycles. The highest BCUT2D eigenvalue weighted by Crippen LogP contribution is 2.38. The van der Waals surface area contributed by atoms with Gasteiger partial charge in [-0.15, -0.1) is 12.4 Å². The Labute approximate surface area is 114 Å². The summed E-state index contributed by atoms with van der Waals surface area (Å²) in [6.45, 7) is 0. The number of fused-ring (bicyclic) bond motifs is 1. The summed E-state index contributed by atoms with van der Waals surface area (Å²) in [4.78, 5) is 10.9. The number of halogens is 3. The second kappa shape index (κ2) is 5.31. The highest BCUT2D eigenvalue weighted by molar-refractivity contribution is 6.35. The van der Waals surface area contributed by atoms with Crippen LogP contribution in [0.15, 0.2) is 12.1 Å². The number of carboxylic acid groups (broad SMARTS) is 1. The first-order chi connectivity index (χ1) is 7.49. The monoisotopic (exact) mass is 296 g/mol. The summed E-state index contributed by atoms with van der Waals surface area (Å²) in [5.41, 5.74) is 7.22. The van der Waals surface area contributed by atoms with E-state index in [0.29, 0.717) is 22.2 Å². The van der Waals surface area contributed by atoms with Crippen molar-refractivity contribution in [2.75, 3.05) is 5.32 Å². The van der Waals surface area contributed by atoms with Crippen molar-refractivity contribution in [1.29, 1.82) is 0 Å². The van der Waals surface area contributed by atoms with Crippen LogP contribution in [-0.2, 0) is 4.79 Å². The van der Waals surface area contributed by atoms with Gasteiger partial charge in [0.2, 0.25) is 0 Å². The van der Waals surface area contributed by atoms with E-state index in [0.717, 1.165) is 5.56 Å².